The second-order valence-electron chi connectivity index (χ2n) is 5.88. The number of ether oxygens (including phenoxy) is 1. The van der Waals surface area contributed by atoms with Gasteiger partial charge in [0.15, 0.2) is 0 Å². The Morgan fingerprint density at radius 3 is 2.25 bits per heavy atom. The van der Waals surface area contributed by atoms with Crippen molar-refractivity contribution in [2.24, 2.45) is 5.92 Å². The van der Waals surface area contributed by atoms with Crippen LogP contribution in [0, 0.1) is 5.92 Å². The first-order valence-electron chi connectivity index (χ1n) is 7.00. The van der Waals surface area contributed by atoms with E-state index in [9.17, 15) is 17.6 Å². The molecule has 2 aliphatic carbocycles. The Bertz CT molecular complexity index is 418. The van der Waals surface area contributed by atoms with E-state index < -0.39 is 29.6 Å². The molecule has 0 aromatic rings. The molecule has 114 valence electrons. The zero-order valence-electron chi connectivity index (χ0n) is 11.8. The van der Waals surface area contributed by atoms with E-state index in [0.717, 1.165) is 44.8 Å². The Balaban J connectivity index is 1.99. The summed E-state index contributed by atoms with van der Waals surface area (Å²) in [5.41, 5.74) is -1.25. The number of alkyl halides is 4. The van der Waals surface area contributed by atoms with Crippen LogP contribution in [0.5, 0.6) is 0 Å². The molecule has 0 unspecified atom stereocenters. The highest BCUT2D eigenvalue weighted by molar-refractivity contribution is 5.37. The first-order chi connectivity index (χ1) is 9.25. The van der Waals surface area contributed by atoms with Crippen molar-refractivity contribution in [2.75, 3.05) is 6.61 Å². The molecule has 0 aromatic carbocycles. The Morgan fingerprint density at radius 2 is 1.65 bits per heavy atom. The van der Waals surface area contributed by atoms with Gasteiger partial charge in [0.1, 0.15) is 0 Å². The molecule has 0 saturated heterocycles. The molecule has 2 aliphatic rings. The van der Waals surface area contributed by atoms with E-state index >= 15 is 0 Å². The fourth-order valence-corrected chi connectivity index (χ4v) is 2.63. The number of allylic oxidation sites excluding steroid dienone is 3. The van der Waals surface area contributed by atoms with Gasteiger partial charge in [-0.05, 0) is 38.5 Å². The molecule has 0 bridgehead atoms. The first kappa shape index (κ1) is 15.5. The lowest BCUT2D eigenvalue weighted by atomic mass is 9.88. The summed E-state index contributed by atoms with van der Waals surface area (Å²) in [6.45, 7) is 2.73. The molecule has 0 atom stereocenters. The number of rotatable bonds is 3. The standard InChI is InChI=1S/C15H20F4O/c1-10-3-7-13(8-4-10)20-9-12-6-5-11(2)14(16,17)15(12,18)19/h5-6,10,13H,3-4,7-9H2,1-2H3. The van der Waals surface area contributed by atoms with Gasteiger partial charge in [-0.2, -0.15) is 17.6 Å². The van der Waals surface area contributed by atoms with E-state index in [-0.39, 0.29) is 6.10 Å². The minimum atomic E-state index is -4.16. The molecular formula is C15H20F4O. The van der Waals surface area contributed by atoms with Gasteiger partial charge in [-0.15, -0.1) is 0 Å². The molecule has 5 heteroatoms. The average Bonchev–Trinajstić information content (AvgIpc) is 2.38. The normalized spacial score (nSPS) is 32.5. The van der Waals surface area contributed by atoms with Gasteiger partial charge in [0, 0.05) is 11.1 Å². The van der Waals surface area contributed by atoms with Crippen LogP contribution in [0.4, 0.5) is 17.6 Å². The molecule has 0 aliphatic heterocycles. The lowest BCUT2D eigenvalue weighted by Gasteiger charge is -2.33. The Morgan fingerprint density at radius 1 is 1.05 bits per heavy atom. The molecule has 1 saturated carbocycles. The summed E-state index contributed by atoms with van der Waals surface area (Å²) < 4.78 is 60.0. The Kier molecular flexibility index (Phi) is 4.28. The largest absolute Gasteiger partial charge is 0.374 e. The van der Waals surface area contributed by atoms with E-state index in [1.165, 1.54) is 0 Å². The van der Waals surface area contributed by atoms with Crippen molar-refractivity contribution in [3.63, 3.8) is 0 Å². The minimum absolute atomic E-state index is 0.0940. The van der Waals surface area contributed by atoms with Crippen LogP contribution in [0.2, 0.25) is 0 Å². The zero-order valence-corrected chi connectivity index (χ0v) is 11.8. The Hall–Kier alpha value is -0.840. The van der Waals surface area contributed by atoms with Gasteiger partial charge in [-0.1, -0.05) is 19.1 Å². The highest BCUT2D eigenvalue weighted by atomic mass is 19.3. The van der Waals surface area contributed by atoms with Crippen molar-refractivity contribution in [1.29, 1.82) is 0 Å². The summed E-state index contributed by atoms with van der Waals surface area (Å²) in [5, 5.41) is 0. The summed E-state index contributed by atoms with van der Waals surface area (Å²) in [4.78, 5) is 0. The van der Waals surface area contributed by atoms with Crippen LogP contribution >= 0.6 is 0 Å². The lowest BCUT2D eigenvalue weighted by Crippen LogP contribution is -2.46. The highest BCUT2D eigenvalue weighted by Gasteiger charge is 2.60. The van der Waals surface area contributed by atoms with Gasteiger partial charge in [0.05, 0.1) is 12.7 Å². The summed E-state index contributed by atoms with van der Waals surface area (Å²) in [6, 6.07) is 0. The van der Waals surface area contributed by atoms with Crippen molar-refractivity contribution >= 4 is 0 Å². The SMILES string of the molecule is CC1=CC=C(COC2CCC(C)CC2)C(F)(F)C1(F)F. The van der Waals surface area contributed by atoms with Crippen LogP contribution in [0.3, 0.4) is 0 Å². The average molecular weight is 292 g/mol. The van der Waals surface area contributed by atoms with Crippen molar-refractivity contribution in [2.45, 2.75) is 57.5 Å². The molecule has 0 N–H and O–H groups in total. The molecule has 1 fully saturated rings. The van der Waals surface area contributed by atoms with Crippen molar-refractivity contribution in [1.82, 2.24) is 0 Å². The van der Waals surface area contributed by atoms with Gasteiger partial charge in [-0.25, -0.2) is 0 Å². The van der Waals surface area contributed by atoms with Crippen LogP contribution in [-0.4, -0.2) is 24.6 Å². The minimum Gasteiger partial charge on any atom is -0.374 e. The first-order valence-corrected chi connectivity index (χ1v) is 7.00. The quantitative estimate of drug-likeness (QED) is 0.683. The van der Waals surface area contributed by atoms with E-state index in [1.54, 1.807) is 0 Å². The van der Waals surface area contributed by atoms with Gasteiger partial charge in [0.2, 0.25) is 0 Å². The third kappa shape index (κ3) is 2.78. The second-order valence-corrected chi connectivity index (χ2v) is 5.88. The smallest absolute Gasteiger partial charge is 0.337 e. The molecule has 2 rings (SSSR count). The van der Waals surface area contributed by atoms with Crippen molar-refractivity contribution < 1.29 is 22.3 Å². The number of hydrogen-bond donors (Lipinski definition) is 0. The van der Waals surface area contributed by atoms with Gasteiger partial charge in [-0.3, -0.25) is 0 Å². The topological polar surface area (TPSA) is 9.23 Å². The molecule has 0 heterocycles. The van der Waals surface area contributed by atoms with Crippen molar-refractivity contribution in [3.05, 3.63) is 23.3 Å². The third-order valence-corrected chi connectivity index (χ3v) is 4.26. The molecular weight excluding hydrogens is 272 g/mol. The molecule has 0 aromatic heterocycles. The maximum atomic E-state index is 13.8. The lowest BCUT2D eigenvalue weighted by molar-refractivity contribution is -0.168. The molecule has 0 amide bonds. The van der Waals surface area contributed by atoms with Crippen molar-refractivity contribution in [3.8, 4) is 0 Å². The zero-order chi connectivity index (χ0) is 15.0. The predicted molar refractivity (Wildman–Crippen MR) is 69.1 cm³/mol. The summed E-state index contributed by atoms with van der Waals surface area (Å²) in [6.07, 6.45) is 5.64. The van der Waals surface area contributed by atoms with Crippen LogP contribution in [-0.2, 0) is 4.74 Å². The van der Waals surface area contributed by atoms with Gasteiger partial charge >= 0.3 is 11.8 Å². The van der Waals surface area contributed by atoms with Crippen LogP contribution < -0.4 is 0 Å². The maximum absolute atomic E-state index is 13.8. The molecule has 20 heavy (non-hydrogen) atoms. The summed E-state index contributed by atoms with van der Waals surface area (Å²) >= 11 is 0. The fraction of sp³-hybridized carbons (Fsp3) is 0.733. The maximum Gasteiger partial charge on any atom is 0.337 e. The fourth-order valence-electron chi connectivity index (χ4n) is 2.63. The predicted octanol–water partition coefficient (Wildman–Crippen LogP) is 4.74. The number of halogens is 4. The van der Waals surface area contributed by atoms with Crippen LogP contribution in [0.1, 0.15) is 39.5 Å². The van der Waals surface area contributed by atoms with Gasteiger partial charge in [0.25, 0.3) is 0 Å². The van der Waals surface area contributed by atoms with Crippen LogP contribution in [0.25, 0.3) is 0 Å². The molecule has 0 spiro atoms. The second kappa shape index (κ2) is 5.51. The number of hydrogen-bond acceptors (Lipinski definition) is 1. The Labute approximate surface area is 116 Å². The van der Waals surface area contributed by atoms with E-state index in [2.05, 4.69) is 6.92 Å². The van der Waals surface area contributed by atoms with Gasteiger partial charge < -0.3 is 4.74 Å². The van der Waals surface area contributed by atoms with E-state index in [0.29, 0.717) is 5.92 Å². The monoisotopic (exact) mass is 292 g/mol. The van der Waals surface area contributed by atoms with E-state index in [4.69, 9.17) is 4.74 Å². The molecule has 0 radical (unpaired) electrons. The third-order valence-electron chi connectivity index (χ3n) is 4.26. The molecule has 1 nitrogen and oxygen atoms in total. The highest BCUT2D eigenvalue weighted by Crippen LogP contribution is 2.47. The van der Waals surface area contributed by atoms with Crippen LogP contribution in [0.15, 0.2) is 23.3 Å². The van der Waals surface area contributed by atoms with E-state index in [1.807, 2.05) is 0 Å². The summed E-state index contributed by atoms with van der Waals surface area (Å²) in [7, 11) is 0. The summed E-state index contributed by atoms with van der Waals surface area (Å²) in [5.74, 6) is -7.66.